The van der Waals surface area contributed by atoms with E-state index >= 15 is 0 Å². The molecule has 0 atom stereocenters. The highest BCUT2D eigenvalue weighted by atomic mass is 35.5. The molecule has 0 unspecified atom stereocenters. The van der Waals surface area contributed by atoms with Crippen LogP contribution in [0.3, 0.4) is 0 Å². The Morgan fingerprint density at radius 1 is 0.893 bits per heavy atom. The van der Waals surface area contributed by atoms with Crippen LogP contribution in [0, 0.1) is 0 Å². The van der Waals surface area contributed by atoms with Crippen LogP contribution >= 0.6 is 23.2 Å². The zero-order valence-corrected chi connectivity index (χ0v) is 16.3. The van der Waals surface area contributed by atoms with E-state index in [1.165, 1.54) is 0 Å². The van der Waals surface area contributed by atoms with E-state index in [4.69, 9.17) is 28.9 Å². The summed E-state index contributed by atoms with van der Waals surface area (Å²) in [4.78, 5) is 9.51. The fraction of sp³-hybridized carbons (Fsp3) is 0. The van der Waals surface area contributed by atoms with Crippen molar-refractivity contribution < 1.29 is 31.0 Å². The number of benzene rings is 2. The molecule has 148 valence electrons. The number of rotatable bonds is 3. The molecule has 28 heavy (non-hydrogen) atoms. The second-order valence-electron chi connectivity index (χ2n) is 5.35. The van der Waals surface area contributed by atoms with Gasteiger partial charge in [-0.05, 0) is 35.3 Å². The molecule has 3 aromatic rings. The first-order valence-corrected chi connectivity index (χ1v) is 10.5. The van der Waals surface area contributed by atoms with E-state index in [0.717, 1.165) is 12.1 Å². The van der Waals surface area contributed by atoms with Crippen LogP contribution in [0.5, 0.6) is 5.75 Å². The monoisotopic (exact) mass is 466 g/mol. The lowest BCUT2D eigenvalue weighted by Crippen LogP contribution is -2.06. The van der Waals surface area contributed by atoms with E-state index in [-0.39, 0.29) is 33.0 Å². The number of anilines is 1. The molecule has 3 rings (SSSR count). The summed E-state index contributed by atoms with van der Waals surface area (Å²) in [6, 6.07) is 2.17. The molecule has 2 aromatic carbocycles. The lowest BCUT2D eigenvalue weighted by atomic mass is 10.0. The van der Waals surface area contributed by atoms with Crippen molar-refractivity contribution in [2.45, 2.75) is 9.79 Å². The van der Waals surface area contributed by atoms with E-state index in [1.807, 2.05) is 0 Å². The Balaban J connectivity index is 2.60. The Kier molecular flexibility index (Phi) is 4.85. The van der Waals surface area contributed by atoms with Gasteiger partial charge in [0.25, 0.3) is 20.2 Å². The van der Waals surface area contributed by atoms with Gasteiger partial charge in [0.05, 0.1) is 10.5 Å². The van der Waals surface area contributed by atoms with Crippen LogP contribution in [0.4, 0.5) is 5.69 Å². The maximum Gasteiger partial charge on any atom is 0.295 e. The number of hydrogen-bond donors (Lipinski definition) is 4. The van der Waals surface area contributed by atoms with Gasteiger partial charge in [-0.15, -0.1) is 0 Å². The van der Waals surface area contributed by atoms with Crippen molar-refractivity contribution in [3.05, 3.63) is 28.8 Å². The third-order valence-corrected chi connectivity index (χ3v) is 5.63. The Morgan fingerprint density at radius 2 is 1.46 bits per heavy atom. The average molecular weight is 467 g/mol. The Morgan fingerprint density at radius 3 is 1.96 bits per heavy atom. The minimum Gasteiger partial charge on any atom is -0.507 e. The highest BCUT2D eigenvalue weighted by molar-refractivity contribution is 7.86. The first-order chi connectivity index (χ1) is 12.8. The van der Waals surface area contributed by atoms with Crippen molar-refractivity contribution in [3.8, 4) is 17.1 Å². The lowest BCUT2D eigenvalue weighted by molar-refractivity contribution is 0.470. The molecule has 15 heteroatoms. The van der Waals surface area contributed by atoms with Gasteiger partial charge in [0.1, 0.15) is 10.6 Å². The summed E-state index contributed by atoms with van der Waals surface area (Å²) in [5, 5.41) is 8.88. The van der Waals surface area contributed by atoms with Crippen molar-refractivity contribution in [1.82, 2.24) is 15.0 Å². The highest BCUT2D eigenvalue weighted by Gasteiger charge is 2.26. The van der Waals surface area contributed by atoms with Gasteiger partial charge in [-0.25, -0.2) is 0 Å². The predicted molar refractivity (Wildman–Crippen MR) is 98.5 cm³/mol. The molecule has 0 radical (unpaired) electrons. The van der Waals surface area contributed by atoms with Gasteiger partial charge in [0, 0.05) is 22.5 Å². The fourth-order valence-electron chi connectivity index (χ4n) is 2.53. The van der Waals surface area contributed by atoms with Crippen molar-refractivity contribution in [3.63, 3.8) is 0 Å². The van der Waals surface area contributed by atoms with Crippen LogP contribution in [0.1, 0.15) is 0 Å². The zero-order valence-electron chi connectivity index (χ0n) is 13.2. The number of phenolic OH excluding ortho intramolecular Hbond substituents is 1. The molecule has 0 amide bonds. The summed E-state index contributed by atoms with van der Waals surface area (Å²) in [6.07, 6.45) is 0. The molecule has 1 aromatic heterocycles. The minimum atomic E-state index is -4.92. The third-order valence-electron chi connectivity index (χ3n) is 3.56. The van der Waals surface area contributed by atoms with Crippen LogP contribution in [0.15, 0.2) is 28.0 Å². The first kappa shape index (κ1) is 20.4. The van der Waals surface area contributed by atoms with Crippen LogP contribution in [-0.2, 0) is 20.2 Å². The number of phenols is 1. The molecule has 11 nitrogen and oxygen atoms in total. The molecule has 0 aliphatic carbocycles. The van der Waals surface area contributed by atoms with Crippen LogP contribution in [0.25, 0.3) is 22.2 Å². The van der Waals surface area contributed by atoms with Gasteiger partial charge in [0.15, 0.2) is 5.82 Å². The summed E-state index contributed by atoms with van der Waals surface area (Å²) in [5.74, 6) is -1.06. The number of aromatic nitrogens is 3. The molecule has 0 bridgehead atoms. The quantitative estimate of drug-likeness (QED) is 0.324. The largest absolute Gasteiger partial charge is 0.507 e. The molecule has 0 saturated carbocycles. The van der Waals surface area contributed by atoms with Crippen molar-refractivity contribution in [2.24, 2.45) is 0 Å². The zero-order chi connectivity index (χ0) is 21.0. The normalized spacial score (nSPS) is 12.4. The van der Waals surface area contributed by atoms with Crippen molar-refractivity contribution in [2.75, 3.05) is 5.73 Å². The summed E-state index contributed by atoms with van der Waals surface area (Å²) in [5.41, 5.74) is 5.40. The molecule has 5 N–H and O–H groups in total. The van der Waals surface area contributed by atoms with E-state index in [9.17, 15) is 31.0 Å². The average Bonchev–Trinajstić information content (AvgIpc) is 2.51. The maximum absolute atomic E-state index is 11.8. The summed E-state index contributed by atoms with van der Waals surface area (Å²) in [7, 11) is -9.75. The molecule has 1 heterocycles. The minimum absolute atomic E-state index is 0.159. The Hall–Kier alpha value is -2.29. The summed E-state index contributed by atoms with van der Waals surface area (Å²) in [6.45, 7) is 0. The maximum atomic E-state index is 11.8. The van der Waals surface area contributed by atoms with Gasteiger partial charge in [-0.3, -0.25) is 9.11 Å². The lowest BCUT2D eigenvalue weighted by Gasteiger charge is -2.14. The van der Waals surface area contributed by atoms with Gasteiger partial charge in [-0.2, -0.15) is 31.8 Å². The van der Waals surface area contributed by atoms with Crippen molar-refractivity contribution in [1.29, 1.82) is 0 Å². The number of fused-ring (bicyclic) bond motifs is 1. The van der Waals surface area contributed by atoms with Gasteiger partial charge >= 0.3 is 0 Å². The number of halogens is 2. The summed E-state index contributed by atoms with van der Waals surface area (Å²) >= 11 is 11.5. The Bertz CT molecular complexity index is 1340. The molecule has 0 aliphatic heterocycles. The smallest absolute Gasteiger partial charge is 0.295 e. The number of hydrogen-bond acceptors (Lipinski definition) is 9. The van der Waals surface area contributed by atoms with Crippen LogP contribution < -0.4 is 5.73 Å². The second kappa shape index (κ2) is 6.65. The van der Waals surface area contributed by atoms with Gasteiger partial charge in [-0.1, -0.05) is 0 Å². The van der Waals surface area contributed by atoms with Crippen molar-refractivity contribution >= 4 is 59.9 Å². The summed E-state index contributed by atoms with van der Waals surface area (Å²) < 4.78 is 65.1. The molecule has 0 fully saturated rings. The molecule has 0 aliphatic rings. The topological polar surface area (TPSA) is 194 Å². The Labute approximate surface area is 167 Å². The van der Waals surface area contributed by atoms with Gasteiger partial charge < -0.3 is 10.8 Å². The molecule has 0 saturated heterocycles. The predicted octanol–water partition coefficient (Wildman–Crippen LogP) is 1.78. The molecular formula is C13H8Cl2N4O7S2. The SMILES string of the molecule is Nc1cc(S(=O)(=O)O)c2cc(S(=O)(=O)O)cc(O)c2c1-c1nc(Cl)nc(Cl)n1. The standard InChI is InChI=1S/C13H8Cl2N4O7S2/c14-12-17-11(18-13(15)19-12)10-6(16)3-8(28(24,25)26)5-1-4(27(21,22)23)2-7(20)9(5)10/h1-3,20H,16H2,(H,21,22,23)(H,24,25,26). The first-order valence-electron chi connectivity index (χ1n) is 6.90. The van der Waals surface area contributed by atoms with Gasteiger partial charge in [0.2, 0.25) is 10.6 Å². The van der Waals surface area contributed by atoms with E-state index in [2.05, 4.69) is 15.0 Å². The number of aromatic hydroxyl groups is 1. The molecular weight excluding hydrogens is 459 g/mol. The van der Waals surface area contributed by atoms with Crippen LogP contribution in [-0.4, -0.2) is 46.0 Å². The molecule has 0 spiro atoms. The number of nitrogen functional groups attached to an aromatic ring is 1. The van der Waals surface area contributed by atoms with E-state index in [0.29, 0.717) is 6.07 Å². The number of nitrogens with two attached hydrogens (primary N) is 1. The van der Waals surface area contributed by atoms with E-state index < -0.39 is 41.2 Å². The third kappa shape index (κ3) is 3.67. The van der Waals surface area contributed by atoms with Crippen LogP contribution in [0.2, 0.25) is 10.6 Å². The fourth-order valence-corrected chi connectivity index (χ4v) is 4.14. The van der Waals surface area contributed by atoms with E-state index in [1.54, 1.807) is 0 Å². The number of nitrogens with zero attached hydrogens (tertiary/aromatic N) is 3. The highest BCUT2D eigenvalue weighted by Crippen LogP contribution is 2.42. The second-order valence-corrected chi connectivity index (χ2v) is 8.84.